The van der Waals surface area contributed by atoms with Crippen LogP contribution in [0.15, 0.2) is 24.3 Å². The summed E-state index contributed by atoms with van der Waals surface area (Å²) in [5.74, 6) is -1.34. The normalized spacial score (nSPS) is 16.4. The van der Waals surface area contributed by atoms with E-state index in [0.717, 1.165) is 0 Å². The first-order chi connectivity index (χ1) is 10.6. The fourth-order valence-corrected chi connectivity index (χ4v) is 2.50. The molecule has 1 amide bonds. The van der Waals surface area contributed by atoms with E-state index < -0.39 is 23.2 Å². The first kappa shape index (κ1) is 17.1. The highest BCUT2D eigenvalue weighted by Gasteiger charge is 2.48. The van der Waals surface area contributed by atoms with Crippen LogP contribution in [0.25, 0.3) is 0 Å². The smallest absolute Gasteiger partial charge is 0.410 e. The highest BCUT2D eigenvalue weighted by atomic mass is 19.1. The third-order valence-corrected chi connectivity index (χ3v) is 3.38. The van der Waals surface area contributed by atoms with Crippen molar-refractivity contribution in [1.29, 1.82) is 0 Å². The van der Waals surface area contributed by atoms with Gasteiger partial charge in [0.05, 0.1) is 12.0 Å². The molecule has 2 N–H and O–H groups in total. The Hall–Kier alpha value is -2.31. The number of anilines is 1. The molecule has 0 atom stereocenters. The summed E-state index contributed by atoms with van der Waals surface area (Å²) in [7, 11) is 0. The Labute approximate surface area is 134 Å². The van der Waals surface area contributed by atoms with Gasteiger partial charge in [0.2, 0.25) is 0 Å². The van der Waals surface area contributed by atoms with Crippen LogP contribution in [0, 0.1) is 5.82 Å². The number of aliphatic carboxylic acids is 1. The molecule has 7 heteroatoms. The summed E-state index contributed by atoms with van der Waals surface area (Å²) in [4.78, 5) is 24.6. The van der Waals surface area contributed by atoms with Crippen molar-refractivity contribution in [3.8, 4) is 0 Å². The highest BCUT2D eigenvalue weighted by Crippen LogP contribution is 2.30. The van der Waals surface area contributed by atoms with Crippen LogP contribution in [0.2, 0.25) is 0 Å². The number of carbonyl (C=O) groups excluding carboxylic acids is 1. The van der Waals surface area contributed by atoms with Gasteiger partial charge in [0, 0.05) is 18.8 Å². The van der Waals surface area contributed by atoms with Crippen LogP contribution in [0.3, 0.4) is 0 Å². The van der Waals surface area contributed by atoms with Crippen LogP contribution in [0.5, 0.6) is 0 Å². The first-order valence-corrected chi connectivity index (χ1v) is 7.32. The molecule has 2 rings (SSSR count). The van der Waals surface area contributed by atoms with E-state index in [1.807, 2.05) is 0 Å². The SMILES string of the molecule is CC(C)(C)OC(=O)N1CC(CC(=O)O)(Nc2ccc(F)cc2)C1. The number of carboxylic acid groups (broad SMARTS) is 1. The molecule has 126 valence electrons. The molecular weight excluding hydrogens is 303 g/mol. The number of nitrogens with zero attached hydrogens (tertiary/aromatic N) is 1. The van der Waals surface area contributed by atoms with Crippen molar-refractivity contribution in [2.45, 2.75) is 38.3 Å². The van der Waals surface area contributed by atoms with Gasteiger partial charge in [-0.2, -0.15) is 0 Å². The van der Waals surface area contributed by atoms with Crippen molar-refractivity contribution >= 4 is 17.7 Å². The minimum absolute atomic E-state index is 0.149. The molecule has 1 fully saturated rings. The second-order valence-corrected chi connectivity index (χ2v) is 6.82. The number of hydrogen-bond donors (Lipinski definition) is 2. The summed E-state index contributed by atoms with van der Waals surface area (Å²) in [5, 5.41) is 12.2. The van der Waals surface area contributed by atoms with Crippen LogP contribution in [-0.2, 0) is 9.53 Å². The predicted octanol–water partition coefficient (Wildman–Crippen LogP) is 2.70. The van der Waals surface area contributed by atoms with Crippen LogP contribution in [-0.4, -0.2) is 46.3 Å². The Kier molecular flexibility index (Phi) is 4.49. The monoisotopic (exact) mass is 324 g/mol. The van der Waals surface area contributed by atoms with E-state index in [-0.39, 0.29) is 25.3 Å². The fourth-order valence-electron chi connectivity index (χ4n) is 2.50. The minimum atomic E-state index is -0.969. The van der Waals surface area contributed by atoms with Gasteiger partial charge in [0.25, 0.3) is 0 Å². The number of carbonyl (C=O) groups is 2. The molecule has 0 bridgehead atoms. The molecule has 0 radical (unpaired) electrons. The van der Waals surface area contributed by atoms with Gasteiger partial charge in [-0.05, 0) is 45.0 Å². The van der Waals surface area contributed by atoms with Crippen molar-refractivity contribution in [2.24, 2.45) is 0 Å². The van der Waals surface area contributed by atoms with Gasteiger partial charge in [-0.3, -0.25) is 4.79 Å². The molecule has 1 saturated heterocycles. The predicted molar refractivity (Wildman–Crippen MR) is 82.8 cm³/mol. The number of carboxylic acids is 1. The van der Waals surface area contributed by atoms with E-state index in [4.69, 9.17) is 9.84 Å². The largest absolute Gasteiger partial charge is 0.481 e. The molecule has 0 spiro atoms. The molecule has 1 aliphatic heterocycles. The lowest BCUT2D eigenvalue weighted by molar-refractivity contribution is -0.139. The van der Waals surface area contributed by atoms with Crippen molar-refractivity contribution in [2.75, 3.05) is 18.4 Å². The number of benzene rings is 1. The van der Waals surface area contributed by atoms with Crippen molar-refractivity contribution in [3.05, 3.63) is 30.1 Å². The average Bonchev–Trinajstić information content (AvgIpc) is 2.35. The molecule has 6 nitrogen and oxygen atoms in total. The average molecular weight is 324 g/mol. The molecule has 1 aliphatic rings. The maximum absolute atomic E-state index is 13.0. The number of hydrogen-bond acceptors (Lipinski definition) is 4. The van der Waals surface area contributed by atoms with Crippen LogP contribution < -0.4 is 5.32 Å². The number of nitrogens with one attached hydrogen (secondary N) is 1. The maximum Gasteiger partial charge on any atom is 0.410 e. The molecule has 1 aromatic rings. The molecule has 1 aromatic carbocycles. The van der Waals surface area contributed by atoms with Gasteiger partial charge in [0.15, 0.2) is 0 Å². The molecule has 1 heterocycles. The summed E-state index contributed by atoms with van der Waals surface area (Å²) < 4.78 is 18.2. The number of ether oxygens (including phenoxy) is 1. The second kappa shape index (κ2) is 6.06. The third kappa shape index (κ3) is 4.58. The summed E-state index contributed by atoms with van der Waals surface area (Å²) in [5.41, 5.74) is -0.774. The van der Waals surface area contributed by atoms with E-state index in [0.29, 0.717) is 5.69 Å². The number of likely N-dealkylation sites (tertiary alicyclic amines) is 1. The topological polar surface area (TPSA) is 78.9 Å². The zero-order chi connectivity index (χ0) is 17.3. The van der Waals surface area contributed by atoms with Gasteiger partial charge in [-0.1, -0.05) is 0 Å². The summed E-state index contributed by atoms with van der Waals surface area (Å²) in [6.07, 6.45) is -0.622. The molecular formula is C16H21FN2O4. The molecule has 0 aliphatic carbocycles. The molecule has 0 unspecified atom stereocenters. The van der Waals surface area contributed by atoms with Crippen LogP contribution in [0.4, 0.5) is 14.9 Å². The van der Waals surface area contributed by atoms with E-state index in [1.54, 1.807) is 20.8 Å². The van der Waals surface area contributed by atoms with Crippen molar-refractivity contribution < 1.29 is 23.8 Å². The lowest BCUT2D eigenvalue weighted by atomic mass is 9.86. The third-order valence-electron chi connectivity index (χ3n) is 3.38. The van der Waals surface area contributed by atoms with Gasteiger partial charge in [-0.25, -0.2) is 9.18 Å². The second-order valence-electron chi connectivity index (χ2n) is 6.82. The van der Waals surface area contributed by atoms with Crippen LogP contribution in [0.1, 0.15) is 27.2 Å². The summed E-state index contributed by atoms with van der Waals surface area (Å²) in [6.45, 7) is 5.74. The molecule has 23 heavy (non-hydrogen) atoms. The van der Waals surface area contributed by atoms with Gasteiger partial charge in [-0.15, -0.1) is 0 Å². The minimum Gasteiger partial charge on any atom is -0.481 e. The quantitative estimate of drug-likeness (QED) is 0.890. The van der Waals surface area contributed by atoms with E-state index in [1.165, 1.54) is 29.2 Å². The number of amides is 1. The Morgan fingerprint density at radius 3 is 2.35 bits per heavy atom. The Balaban J connectivity index is 2.04. The van der Waals surface area contributed by atoms with Crippen molar-refractivity contribution in [1.82, 2.24) is 4.90 Å². The Morgan fingerprint density at radius 1 is 1.30 bits per heavy atom. The van der Waals surface area contributed by atoms with Crippen molar-refractivity contribution in [3.63, 3.8) is 0 Å². The van der Waals surface area contributed by atoms with Gasteiger partial charge >= 0.3 is 12.1 Å². The zero-order valence-electron chi connectivity index (χ0n) is 13.4. The Morgan fingerprint density at radius 2 is 1.87 bits per heavy atom. The maximum atomic E-state index is 13.0. The van der Waals surface area contributed by atoms with Gasteiger partial charge < -0.3 is 20.1 Å². The van der Waals surface area contributed by atoms with E-state index in [9.17, 15) is 14.0 Å². The van der Waals surface area contributed by atoms with Crippen LogP contribution >= 0.6 is 0 Å². The van der Waals surface area contributed by atoms with E-state index >= 15 is 0 Å². The summed E-state index contributed by atoms with van der Waals surface area (Å²) >= 11 is 0. The van der Waals surface area contributed by atoms with E-state index in [2.05, 4.69) is 5.32 Å². The lowest BCUT2D eigenvalue weighted by Gasteiger charge is -2.50. The molecule has 0 aromatic heterocycles. The van der Waals surface area contributed by atoms with Gasteiger partial charge in [0.1, 0.15) is 11.4 Å². The lowest BCUT2D eigenvalue weighted by Crippen LogP contribution is -2.68. The standard InChI is InChI=1S/C16H21FN2O4/c1-15(2,3)23-14(22)19-9-16(10-19,8-13(20)21)18-12-6-4-11(17)5-7-12/h4-7,18H,8-10H2,1-3H3,(H,20,21). The first-order valence-electron chi connectivity index (χ1n) is 7.32. The Bertz CT molecular complexity index is 589. The zero-order valence-corrected chi connectivity index (χ0v) is 13.4. The fraction of sp³-hybridized carbons (Fsp3) is 0.500. The summed E-state index contributed by atoms with van der Waals surface area (Å²) in [6, 6.07) is 5.66. The molecule has 0 saturated carbocycles. The number of halogens is 1. The number of rotatable bonds is 4. The highest BCUT2D eigenvalue weighted by molar-refractivity contribution is 5.74.